The Morgan fingerprint density at radius 1 is 1.20 bits per heavy atom. The molecular formula is C8H19N2+. The summed E-state index contributed by atoms with van der Waals surface area (Å²) in [5.74, 6) is 0. The zero-order valence-electron chi connectivity index (χ0n) is 7.14. The third-order valence-corrected chi connectivity index (χ3v) is 2.20. The molecule has 0 saturated carbocycles. The minimum atomic E-state index is 0.742. The van der Waals surface area contributed by atoms with Crippen molar-refractivity contribution in [2.24, 2.45) is 0 Å². The lowest BCUT2D eigenvalue weighted by Crippen LogP contribution is -2.84. The molecule has 1 heterocycles. The van der Waals surface area contributed by atoms with Crippen LogP contribution in [-0.2, 0) is 0 Å². The number of nitrogens with zero attached hydrogens (tertiary/aromatic N) is 1. The molecule has 1 fully saturated rings. The van der Waals surface area contributed by atoms with Gasteiger partial charge >= 0.3 is 0 Å². The summed E-state index contributed by atoms with van der Waals surface area (Å²) in [6.45, 7) is 9.75. The quantitative estimate of drug-likeness (QED) is 0.532. The Kier molecular flexibility index (Phi) is 3.16. The van der Waals surface area contributed by atoms with E-state index in [9.17, 15) is 0 Å². The fourth-order valence-electron chi connectivity index (χ4n) is 1.47. The third kappa shape index (κ3) is 2.27. The van der Waals surface area contributed by atoms with Gasteiger partial charge in [-0.25, -0.2) is 0 Å². The van der Waals surface area contributed by atoms with E-state index in [1.807, 2.05) is 0 Å². The Hall–Kier alpha value is -0.0800. The molecule has 1 saturated heterocycles. The molecule has 0 atom stereocenters. The summed E-state index contributed by atoms with van der Waals surface area (Å²) in [4.78, 5) is 2.56. The van der Waals surface area contributed by atoms with Crippen LogP contribution < -0.4 is 5.32 Å². The van der Waals surface area contributed by atoms with Crippen molar-refractivity contribution in [1.29, 1.82) is 0 Å². The molecule has 60 valence electrons. The summed E-state index contributed by atoms with van der Waals surface area (Å²) in [5, 5.41) is 2.42. The molecule has 0 aromatic carbocycles. The van der Waals surface area contributed by atoms with E-state index in [-0.39, 0.29) is 0 Å². The molecule has 0 aliphatic carbocycles. The summed E-state index contributed by atoms with van der Waals surface area (Å²) in [5.41, 5.74) is 0. The van der Waals surface area contributed by atoms with E-state index in [0.29, 0.717) is 0 Å². The first-order valence-corrected chi connectivity index (χ1v) is 4.36. The van der Waals surface area contributed by atoms with Crippen molar-refractivity contribution in [2.45, 2.75) is 26.3 Å². The van der Waals surface area contributed by atoms with Gasteiger partial charge in [0, 0.05) is 25.6 Å². The van der Waals surface area contributed by atoms with Crippen LogP contribution in [0.2, 0.25) is 0 Å². The fraction of sp³-hybridized carbons (Fsp3) is 1.00. The summed E-state index contributed by atoms with van der Waals surface area (Å²) < 4.78 is 0. The molecule has 1 aliphatic rings. The van der Waals surface area contributed by atoms with Crippen molar-refractivity contribution in [3.8, 4) is 0 Å². The van der Waals surface area contributed by atoms with Gasteiger partial charge in [-0.3, -0.25) is 4.90 Å². The Morgan fingerprint density at radius 3 is 2.70 bits per heavy atom. The summed E-state index contributed by atoms with van der Waals surface area (Å²) >= 11 is 0. The maximum Gasteiger partial charge on any atom is 0.0884 e. The van der Waals surface area contributed by atoms with Crippen molar-refractivity contribution in [2.75, 3.05) is 26.2 Å². The van der Waals surface area contributed by atoms with Crippen molar-refractivity contribution >= 4 is 0 Å². The molecule has 0 aromatic rings. The molecule has 10 heavy (non-hydrogen) atoms. The van der Waals surface area contributed by atoms with Crippen LogP contribution in [0.5, 0.6) is 0 Å². The van der Waals surface area contributed by atoms with Gasteiger partial charge in [0.05, 0.1) is 13.1 Å². The minimum Gasteiger partial charge on any atom is -0.345 e. The molecule has 1 aliphatic heterocycles. The Labute approximate surface area is 63.6 Å². The Morgan fingerprint density at radius 2 is 2.00 bits per heavy atom. The number of rotatable bonds is 1. The van der Waals surface area contributed by atoms with Crippen molar-refractivity contribution in [1.82, 2.24) is 4.90 Å². The van der Waals surface area contributed by atoms with Crippen LogP contribution in [0.3, 0.4) is 0 Å². The first-order chi connectivity index (χ1) is 4.80. The second-order valence-corrected chi connectivity index (χ2v) is 3.35. The normalized spacial score (nSPS) is 23.1. The molecule has 0 aromatic heterocycles. The lowest BCUT2D eigenvalue weighted by Gasteiger charge is -2.22. The predicted molar refractivity (Wildman–Crippen MR) is 43.0 cm³/mol. The SMILES string of the molecule is CC(C)N1CCC[NH2+]CC1. The maximum absolute atomic E-state index is 2.56. The van der Waals surface area contributed by atoms with E-state index in [1.165, 1.54) is 32.6 Å². The van der Waals surface area contributed by atoms with E-state index in [4.69, 9.17) is 0 Å². The van der Waals surface area contributed by atoms with Crippen molar-refractivity contribution in [3.63, 3.8) is 0 Å². The Bertz CT molecular complexity index is 83.3. The van der Waals surface area contributed by atoms with Crippen molar-refractivity contribution < 1.29 is 5.32 Å². The second kappa shape index (κ2) is 3.94. The van der Waals surface area contributed by atoms with Gasteiger partial charge in [-0.1, -0.05) is 0 Å². The summed E-state index contributed by atoms with van der Waals surface area (Å²) in [7, 11) is 0. The van der Waals surface area contributed by atoms with Gasteiger partial charge in [-0.2, -0.15) is 0 Å². The van der Waals surface area contributed by atoms with Gasteiger partial charge in [0.25, 0.3) is 0 Å². The lowest BCUT2D eigenvalue weighted by atomic mass is 10.3. The maximum atomic E-state index is 2.56. The molecule has 0 bridgehead atoms. The van der Waals surface area contributed by atoms with Gasteiger partial charge in [-0.15, -0.1) is 0 Å². The van der Waals surface area contributed by atoms with Crippen LogP contribution in [0.25, 0.3) is 0 Å². The molecule has 2 nitrogen and oxygen atoms in total. The monoisotopic (exact) mass is 143 g/mol. The topological polar surface area (TPSA) is 19.9 Å². The number of nitrogens with two attached hydrogens (primary N) is 1. The summed E-state index contributed by atoms with van der Waals surface area (Å²) in [6, 6.07) is 0.742. The van der Waals surface area contributed by atoms with Gasteiger partial charge in [-0.05, 0) is 13.8 Å². The average Bonchev–Trinajstić information content (AvgIpc) is 2.12. The lowest BCUT2D eigenvalue weighted by molar-refractivity contribution is -0.651. The molecular weight excluding hydrogens is 124 g/mol. The fourth-order valence-corrected chi connectivity index (χ4v) is 1.47. The standard InChI is InChI=1S/C8H18N2/c1-8(2)10-6-3-4-9-5-7-10/h8-9H,3-7H2,1-2H3/p+1. The molecule has 2 heteroatoms. The van der Waals surface area contributed by atoms with Crippen molar-refractivity contribution in [3.05, 3.63) is 0 Å². The average molecular weight is 143 g/mol. The van der Waals surface area contributed by atoms with Gasteiger partial charge in [0.2, 0.25) is 0 Å². The zero-order chi connectivity index (χ0) is 7.40. The number of hydrogen-bond acceptors (Lipinski definition) is 1. The number of hydrogen-bond donors (Lipinski definition) is 1. The second-order valence-electron chi connectivity index (χ2n) is 3.35. The number of quaternary nitrogens is 1. The predicted octanol–water partition coefficient (Wildman–Crippen LogP) is -0.336. The van der Waals surface area contributed by atoms with Crippen LogP contribution in [0.4, 0.5) is 0 Å². The largest absolute Gasteiger partial charge is 0.345 e. The molecule has 0 radical (unpaired) electrons. The highest BCUT2D eigenvalue weighted by Crippen LogP contribution is 1.98. The first kappa shape index (κ1) is 8.02. The van der Waals surface area contributed by atoms with E-state index in [0.717, 1.165) is 6.04 Å². The smallest absolute Gasteiger partial charge is 0.0884 e. The zero-order valence-corrected chi connectivity index (χ0v) is 7.14. The van der Waals surface area contributed by atoms with Gasteiger partial charge in [0.1, 0.15) is 0 Å². The molecule has 0 unspecified atom stereocenters. The van der Waals surface area contributed by atoms with Crippen LogP contribution in [0, 0.1) is 0 Å². The van der Waals surface area contributed by atoms with E-state index in [2.05, 4.69) is 24.1 Å². The highest BCUT2D eigenvalue weighted by molar-refractivity contribution is 4.62. The molecule has 1 rings (SSSR count). The molecule has 0 spiro atoms. The Balaban J connectivity index is 2.28. The highest BCUT2D eigenvalue weighted by Gasteiger charge is 2.12. The summed E-state index contributed by atoms with van der Waals surface area (Å²) in [6.07, 6.45) is 1.36. The van der Waals surface area contributed by atoms with Crippen LogP contribution >= 0.6 is 0 Å². The molecule has 2 N–H and O–H groups in total. The van der Waals surface area contributed by atoms with Crippen LogP contribution in [-0.4, -0.2) is 37.1 Å². The molecule has 0 amide bonds. The third-order valence-electron chi connectivity index (χ3n) is 2.20. The van der Waals surface area contributed by atoms with Gasteiger partial charge in [0.15, 0.2) is 0 Å². The minimum absolute atomic E-state index is 0.742. The highest BCUT2D eigenvalue weighted by atomic mass is 15.2. The first-order valence-electron chi connectivity index (χ1n) is 4.36. The van der Waals surface area contributed by atoms with E-state index in [1.54, 1.807) is 0 Å². The van der Waals surface area contributed by atoms with Crippen LogP contribution in [0.1, 0.15) is 20.3 Å². The van der Waals surface area contributed by atoms with Crippen LogP contribution in [0.15, 0.2) is 0 Å². The van der Waals surface area contributed by atoms with Gasteiger partial charge < -0.3 is 5.32 Å². The van der Waals surface area contributed by atoms with E-state index >= 15 is 0 Å². The van der Waals surface area contributed by atoms with E-state index < -0.39 is 0 Å².